The predicted molar refractivity (Wildman–Crippen MR) is 78.9 cm³/mol. The third-order valence-electron chi connectivity index (χ3n) is 3.80. The molecule has 0 aromatic carbocycles. The van der Waals surface area contributed by atoms with Crippen LogP contribution in [0.2, 0.25) is 0 Å². The van der Waals surface area contributed by atoms with Crippen molar-refractivity contribution in [3.05, 3.63) is 42.2 Å². The molecule has 116 valence electrons. The Morgan fingerprint density at radius 1 is 1.41 bits per heavy atom. The molecule has 3 heterocycles. The predicted octanol–water partition coefficient (Wildman–Crippen LogP) is 0.972. The Bertz CT molecular complexity index is 628. The van der Waals surface area contributed by atoms with E-state index in [1.54, 1.807) is 24.8 Å². The van der Waals surface area contributed by atoms with Crippen molar-refractivity contribution >= 4 is 5.91 Å². The lowest BCUT2D eigenvalue weighted by molar-refractivity contribution is -0.139. The van der Waals surface area contributed by atoms with Gasteiger partial charge in [0.05, 0.1) is 25.0 Å². The molecule has 7 heteroatoms. The molecule has 0 radical (unpaired) electrons. The molecule has 3 rings (SSSR count). The van der Waals surface area contributed by atoms with E-state index < -0.39 is 0 Å². The average Bonchev–Trinajstić information content (AvgIpc) is 2.99. The molecule has 2 aromatic heterocycles. The zero-order valence-corrected chi connectivity index (χ0v) is 12.6. The summed E-state index contributed by atoms with van der Waals surface area (Å²) in [6.45, 7) is 4.25. The maximum atomic E-state index is 12.4. The lowest BCUT2D eigenvalue weighted by Gasteiger charge is -2.32. The fourth-order valence-electron chi connectivity index (χ4n) is 2.52. The van der Waals surface area contributed by atoms with E-state index in [0.29, 0.717) is 32.7 Å². The summed E-state index contributed by atoms with van der Waals surface area (Å²) < 4.78 is 7.55. The number of rotatable bonds is 4. The molecular weight excluding hydrogens is 282 g/mol. The van der Waals surface area contributed by atoms with Gasteiger partial charge in [-0.1, -0.05) is 0 Å². The first-order valence-electron chi connectivity index (χ1n) is 7.38. The molecule has 0 unspecified atom stereocenters. The van der Waals surface area contributed by atoms with Crippen LogP contribution >= 0.6 is 0 Å². The van der Waals surface area contributed by atoms with E-state index in [4.69, 9.17) is 4.74 Å². The van der Waals surface area contributed by atoms with E-state index in [9.17, 15) is 4.79 Å². The van der Waals surface area contributed by atoms with Crippen molar-refractivity contribution in [2.24, 2.45) is 0 Å². The molecule has 7 nitrogen and oxygen atoms in total. The van der Waals surface area contributed by atoms with Crippen LogP contribution in [0.5, 0.6) is 0 Å². The number of morpholine rings is 1. The highest BCUT2D eigenvalue weighted by Gasteiger charge is 2.26. The number of ether oxygens (including phenoxy) is 1. The number of amides is 1. The summed E-state index contributed by atoms with van der Waals surface area (Å²) in [6, 6.07) is 1.93. The molecule has 1 fully saturated rings. The van der Waals surface area contributed by atoms with Gasteiger partial charge in [-0.2, -0.15) is 5.10 Å². The number of aryl methyl sites for hydroxylation is 2. The zero-order chi connectivity index (χ0) is 15.4. The monoisotopic (exact) mass is 301 g/mol. The smallest absolute Gasteiger partial charge is 0.224 e. The molecule has 0 saturated carbocycles. The van der Waals surface area contributed by atoms with Crippen LogP contribution in [0.25, 0.3) is 0 Å². The van der Waals surface area contributed by atoms with Crippen LogP contribution in [-0.2, 0) is 16.1 Å². The molecule has 0 N–H and O–H groups in total. The quantitative estimate of drug-likeness (QED) is 0.841. The van der Waals surface area contributed by atoms with Crippen LogP contribution in [-0.4, -0.2) is 50.3 Å². The SMILES string of the molecule is Cc1ccnn1CCC(=O)N1CCO[C@H](c2cnccn2)C1. The van der Waals surface area contributed by atoms with Crippen molar-refractivity contribution in [2.45, 2.75) is 26.0 Å². The largest absolute Gasteiger partial charge is 0.368 e. The summed E-state index contributed by atoms with van der Waals surface area (Å²) in [4.78, 5) is 22.5. The molecule has 22 heavy (non-hydrogen) atoms. The van der Waals surface area contributed by atoms with Crippen molar-refractivity contribution in [3.8, 4) is 0 Å². The maximum Gasteiger partial charge on any atom is 0.224 e. The second kappa shape index (κ2) is 6.65. The van der Waals surface area contributed by atoms with Crippen molar-refractivity contribution in [2.75, 3.05) is 19.7 Å². The first-order chi connectivity index (χ1) is 10.7. The van der Waals surface area contributed by atoms with Gasteiger partial charge < -0.3 is 9.64 Å². The highest BCUT2D eigenvalue weighted by molar-refractivity contribution is 5.76. The minimum absolute atomic E-state index is 0.118. The fraction of sp³-hybridized carbons (Fsp3) is 0.467. The number of carbonyl (C=O) groups excluding carboxylic acids is 1. The number of carbonyl (C=O) groups is 1. The van der Waals surface area contributed by atoms with E-state index in [0.717, 1.165) is 11.4 Å². The van der Waals surface area contributed by atoms with Gasteiger partial charge in [-0.05, 0) is 13.0 Å². The molecule has 0 aliphatic carbocycles. The standard InChI is InChI=1S/C15H19N5O2/c1-12-2-4-18-20(12)7-3-15(21)19-8-9-22-14(11-19)13-10-16-5-6-17-13/h2,4-6,10,14H,3,7-9,11H2,1H3/t14-/m0/s1. The zero-order valence-electron chi connectivity index (χ0n) is 12.6. The second-order valence-corrected chi connectivity index (χ2v) is 5.28. The lowest BCUT2D eigenvalue weighted by atomic mass is 10.2. The van der Waals surface area contributed by atoms with E-state index in [1.165, 1.54) is 0 Å². The van der Waals surface area contributed by atoms with Crippen molar-refractivity contribution in [1.82, 2.24) is 24.6 Å². The molecule has 1 saturated heterocycles. The van der Waals surface area contributed by atoms with Gasteiger partial charge in [0.25, 0.3) is 0 Å². The van der Waals surface area contributed by atoms with Gasteiger partial charge in [0.1, 0.15) is 6.10 Å². The Balaban J connectivity index is 1.57. The Morgan fingerprint density at radius 2 is 2.32 bits per heavy atom. The average molecular weight is 301 g/mol. The Hall–Kier alpha value is -2.28. The highest BCUT2D eigenvalue weighted by atomic mass is 16.5. The maximum absolute atomic E-state index is 12.4. The van der Waals surface area contributed by atoms with Crippen LogP contribution in [0, 0.1) is 6.92 Å². The van der Waals surface area contributed by atoms with Gasteiger partial charge in [0, 0.05) is 43.8 Å². The topological polar surface area (TPSA) is 73.1 Å². The van der Waals surface area contributed by atoms with Crippen LogP contribution in [0.15, 0.2) is 30.9 Å². The van der Waals surface area contributed by atoms with Crippen LogP contribution in [0.1, 0.15) is 23.9 Å². The van der Waals surface area contributed by atoms with Crippen LogP contribution in [0.4, 0.5) is 0 Å². The van der Waals surface area contributed by atoms with Gasteiger partial charge in [0.15, 0.2) is 0 Å². The Morgan fingerprint density at radius 3 is 3.05 bits per heavy atom. The van der Waals surface area contributed by atoms with E-state index in [2.05, 4.69) is 15.1 Å². The van der Waals surface area contributed by atoms with Gasteiger partial charge in [-0.25, -0.2) is 0 Å². The van der Waals surface area contributed by atoms with Crippen molar-refractivity contribution < 1.29 is 9.53 Å². The summed E-state index contributed by atoms with van der Waals surface area (Å²) in [5, 5.41) is 4.20. The third-order valence-corrected chi connectivity index (χ3v) is 3.80. The summed E-state index contributed by atoms with van der Waals surface area (Å²) in [5.41, 5.74) is 1.83. The normalized spacial score (nSPS) is 18.4. The Labute approximate surface area is 128 Å². The van der Waals surface area contributed by atoms with E-state index in [1.807, 2.05) is 22.6 Å². The third kappa shape index (κ3) is 3.30. The highest BCUT2D eigenvalue weighted by Crippen LogP contribution is 2.20. The van der Waals surface area contributed by atoms with Crippen molar-refractivity contribution in [3.63, 3.8) is 0 Å². The first-order valence-corrected chi connectivity index (χ1v) is 7.38. The summed E-state index contributed by atoms with van der Waals surface area (Å²) in [7, 11) is 0. The fourth-order valence-corrected chi connectivity index (χ4v) is 2.52. The van der Waals surface area contributed by atoms with E-state index in [-0.39, 0.29) is 12.0 Å². The summed E-state index contributed by atoms with van der Waals surface area (Å²) in [5.74, 6) is 0.118. The molecule has 0 bridgehead atoms. The first kappa shape index (κ1) is 14.6. The lowest BCUT2D eigenvalue weighted by Crippen LogP contribution is -2.42. The number of hydrogen-bond acceptors (Lipinski definition) is 5. The van der Waals surface area contributed by atoms with Crippen molar-refractivity contribution in [1.29, 1.82) is 0 Å². The van der Waals surface area contributed by atoms with Crippen LogP contribution < -0.4 is 0 Å². The molecule has 2 aromatic rings. The minimum Gasteiger partial charge on any atom is -0.368 e. The summed E-state index contributed by atoms with van der Waals surface area (Å²) in [6.07, 6.45) is 6.94. The van der Waals surface area contributed by atoms with Gasteiger partial charge >= 0.3 is 0 Å². The summed E-state index contributed by atoms with van der Waals surface area (Å²) >= 11 is 0. The number of aromatic nitrogens is 4. The van der Waals surface area contributed by atoms with Crippen LogP contribution in [0.3, 0.4) is 0 Å². The van der Waals surface area contributed by atoms with Gasteiger partial charge in [0.2, 0.25) is 5.91 Å². The second-order valence-electron chi connectivity index (χ2n) is 5.28. The van der Waals surface area contributed by atoms with E-state index >= 15 is 0 Å². The number of hydrogen-bond donors (Lipinski definition) is 0. The number of nitrogens with zero attached hydrogens (tertiary/aromatic N) is 5. The molecule has 1 aliphatic rings. The minimum atomic E-state index is -0.196. The molecule has 0 spiro atoms. The molecule has 1 aliphatic heterocycles. The molecule has 1 amide bonds. The van der Waals surface area contributed by atoms with Gasteiger partial charge in [-0.15, -0.1) is 0 Å². The molecule has 1 atom stereocenters. The Kier molecular flexibility index (Phi) is 4.43. The van der Waals surface area contributed by atoms with Gasteiger partial charge in [-0.3, -0.25) is 19.4 Å². The molecular formula is C15H19N5O2.